The van der Waals surface area contributed by atoms with Crippen LogP contribution in [-0.2, 0) is 0 Å². The highest BCUT2D eigenvalue weighted by Gasteiger charge is 2.19. The molecule has 3 heterocycles. The van der Waals surface area contributed by atoms with E-state index in [9.17, 15) is 0 Å². The largest absolute Gasteiger partial charge is 0.456 e. The van der Waals surface area contributed by atoms with Gasteiger partial charge in [-0.25, -0.2) is 0 Å². The first-order chi connectivity index (χ1) is 26.4. The van der Waals surface area contributed by atoms with E-state index in [4.69, 9.17) is 32.1 Å². The molecule has 0 N–H and O–H groups in total. The molecule has 0 amide bonds. The zero-order valence-corrected chi connectivity index (χ0v) is 19.6. The molecule has 0 bridgehead atoms. The van der Waals surface area contributed by atoms with Crippen molar-refractivity contribution in [2.75, 3.05) is 0 Å². The molecule has 3 aromatic heterocycles. The van der Waals surface area contributed by atoms with Crippen molar-refractivity contribution in [3.63, 3.8) is 0 Å². The summed E-state index contributed by atoms with van der Waals surface area (Å²) in [6, 6.07) is -2.96. The van der Waals surface area contributed by atoms with E-state index < -0.39 is 103 Å². The smallest absolute Gasteiger partial charge is 0.160 e. The predicted octanol–water partition coefficient (Wildman–Crippen LogP) is 10.2. The fourth-order valence-electron chi connectivity index (χ4n) is 5.18. The third kappa shape index (κ3) is 2.82. The summed E-state index contributed by atoms with van der Waals surface area (Å²) < 4.78 is 159. The second kappa shape index (κ2) is 7.62. The van der Waals surface area contributed by atoms with Gasteiger partial charge in [0.2, 0.25) is 0 Å². The van der Waals surface area contributed by atoms with Crippen LogP contribution in [-0.4, -0.2) is 4.57 Å². The molecule has 0 spiro atoms. The number of para-hydroxylation sites is 3. The van der Waals surface area contributed by atoms with Gasteiger partial charge < -0.3 is 13.4 Å². The van der Waals surface area contributed by atoms with Crippen molar-refractivity contribution in [3.8, 4) is 16.8 Å². The van der Waals surface area contributed by atoms with Gasteiger partial charge in [-0.05, 0) is 53.5 Å². The SMILES string of the molecule is [2H]c1c([2H])c([2H])c2c(oc3c([2H])c([2H])c([2H])c(-c4ccc(-n5c6c([2H])c([2H])c([2H])c([2H])c6c6c([2H])c([2H])c7c(oc8c([2H])c([2H])c([2H])c([2H])c87)c65)cc4)c32)c1[2H]. The second-order valence-corrected chi connectivity index (χ2v) is 8.85. The van der Waals surface area contributed by atoms with Crippen LogP contribution < -0.4 is 0 Å². The molecule has 182 valence electrons. The highest BCUT2D eigenvalue weighted by atomic mass is 16.3. The van der Waals surface area contributed by atoms with Gasteiger partial charge in [0.05, 0.1) is 34.3 Å². The van der Waals surface area contributed by atoms with Gasteiger partial charge in [-0.3, -0.25) is 0 Å². The molecular formula is C36H21NO2. The van der Waals surface area contributed by atoms with Crippen LogP contribution in [0, 0.1) is 0 Å². The van der Waals surface area contributed by atoms with E-state index in [0.29, 0.717) is 0 Å². The van der Waals surface area contributed by atoms with Gasteiger partial charge in [0.15, 0.2) is 5.58 Å². The van der Waals surface area contributed by atoms with Crippen LogP contribution in [0.5, 0.6) is 0 Å². The quantitative estimate of drug-likeness (QED) is 0.229. The maximum absolute atomic E-state index is 9.15. The minimum absolute atomic E-state index is 0.0162. The molecule has 6 aromatic carbocycles. The number of benzene rings is 6. The number of nitrogens with zero attached hydrogens (tertiary/aromatic N) is 1. The van der Waals surface area contributed by atoms with Gasteiger partial charge in [0.1, 0.15) is 16.7 Å². The zero-order chi connectivity index (χ0) is 40.3. The average molecular weight is 517 g/mol. The Morgan fingerprint density at radius 2 is 1.18 bits per heavy atom. The number of hydrogen-bond acceptors (Lipinski definition) is 2. The molecule has 0 aliphatic heterocycles. The van der Waals surface area contributed by atoms with E-state index in [1.165, 1.54) is 28.8 Å². The Labute approximate surface area is 247 Å². The van der Waals surface area contributed by atoms with Gasteiger partial charge in [-0.1, -0.05) is 84.6 Å². The Balaban J connectivity index is 1.43. The Bertz CT molecular complexity index is 3330. The molecule has 9 rings (SSSR count). The Morgan fingerprint density at radius 3 is 2.03 bits per heavy atom. The molecule has 39 heavy (non-hydrogen) atoms. The summed E-state index contributed by atoms with van der Waals surface area (Å²) in [6.45, 7) is 0. The van der Waals surface area contributed by atoms with Crippen molar-refractivity contribution < 1.29 is 32.1 Å². The van der Waals surface area contributed by atoms with Gasteiger partial charge in [-0.2, -0.15) is 0 Å². The van der Waals surface area contributed by atoms with E-state index in [-0.39, 0.29) is 82.5 Å². The van der Waals surface area contributed by atoms with Gasteiger partial charge >= 0.3 is 0 Å². The van der Waals surface area contributed by atoms with Gasteiger partial charge in [-0.15, -0.1) is 0 Å². The zero-order valence-electron chi connectivity index (χ0n) is 36.6. The van der Waals surface area contributed by atoms with Crippen LogP contribution in [0.3, 0.4) is 0 Å². The van der Waals surface area contributed by atoms with Crippen LogP contribution >= 0.6 is 0 Å². The van der Waals surface area contributed by atoms with Crippen molar-refractivity contribution in [3.05, 3.63) is 127 Å². The fraction of sp³-hybridized carbons (Fsp3) is 0. The normalized spacial score (nSPS) is 18.2. The van der Waals surface area contributed by atoms with Crippen LogP contribution in [0.1, 0.15) is 23.3 Å². The minimum Gasteiger partial charge on any atom is -0.456 e. The third-order valence-electron chi connectivity index (χ3n) is 6.83. The first-order valence-electron chi connectivity index (χ1n) is 20.3. The highest BCUT2D eigenvalue weighted by Crippen LogP contribution is 2.41. The predicted molar refractivity (Wildman–Crippen MR) is 161 cm³/mol. The summed E-state index contributed by atoms with van der Waals surface area (Å²) in [5, 5.41) is -0.559. The lowest BCUT2D eigenvalue weighted by molar-refractivity contribution is 0.669. The summed E-state index contributed by atoms with van der Waals surface area (Å²) in [7, 11) is 0. The molecule has 0 unspecified atom stereocenters. The summed E-state index contributed by atoms with van der Waals surface area (Å²) in [5.41, 5.74) is -0.569. The van der Waals surface area contributed by atoms with Crippen LogP contribution in [0.4, 0.5) is 0 Å². The maximum atomic E-state index is 9.15. The van der Waals surface area contributed by atoms with Crippen molar-refractivity contribution >= 4 is 65.7 Å². The first kappa shape index (κ1) is 10.5. The average Bonchev–Trinajstić information content (AvgIpc) is 3.89. The van der Waals surface area contributed by atoms with E-state index in [2.05, 4.69) is 0 Å². The van der Waals surface area contributed by atoms with E-state index in [1.54, 1.807) is 0 Å². The van der Waals surface area contributed by atoms with Crippen LogP contribution in [0.2, 0.25) is 0 Å². The second-order valence-electron chi connectivity index (χ2n) is 8.85. The number of aromatic nitrogens is 1. The minimum atomic E-state index is -0.603. The monoisotopic (exact) mass is 516 g/mol. The molecule has 3 nitrogen and oxygen atoms in total. The Hall–Kier alpha value is -5.28. The lowest BCUT2D eigenvalue weighted by Crippen LogP contribution is -1.94. The molecule has 0 saturated carbocycles. The third-order valence-corrected chi connectivity index (χ3v) is 6.83. The molecule has 9 aromatic rings. The molecule has 0 aliphatic carbocycles. The van der Waals surface area contributed by atoms with Gasteiger partial charge in [0.25, 0.3) is 0 Å². The Kier molecular flexibility index (Phi) is 2.05. The van der Waals surface area contributed by atoms with Crippen molar-refractivity contribution in [2.45, 2.75) is 0 Å². The summed E-state index contributed by atoms with van der Waals surface area (Å²) >= 11 is 0. The van der Waals surface area contributed by atoms with Crippen molar-refractivity contribution in [1.29, 1.82) is 0 Å². The van der Waals surface area contributed by atoms with Crippen molar-refractivity contribution in [1.82, 2.24) is 4.57 Å². The molecule has 3 heteroatoms. The number of rotatable bonds is 2. The molecular weight excluding hydrogens is 478 g/mol. The molecule has 0 saturated heterocycles. The maximum Gasteiger partial charge on any atom is 0.160 e. The topological polar surface area (TPSA) is 31.2 Å². The molecule has 0 aliphatic rings. The fourth-order valence-corrected chi connectivity index (χ4v) is 5.18. The standard InChI is InChI=1S/C36H21NO2/c1-4-12-30-25(8-1)27-20-21-28-26-9-2-5-13-31(26)39-36(28)35(27)37(30)23-18-16-22(17-19-23)24-11-7-15-33-34(24)29-10-3-6-14-32(29)38-33/h1-21H/i1D,2D,3D,4D,5D,6D,7D,8D,9D,10D,11D,12D,13D,14D,15D,20D,21D. The highest BCUT2D eigenvalue weighted by molar-refractivity contribution is 6.21. The van der Waals surface area contributed by atoms with Gasteiger partial charge in [0, 0.05) is 38.0 Å². The molecule has 0 atom stereocenters. The van der Waals surface area contributed by atoms with Crippen molar-refractivity contribution in [2.24, 2.45) is 0 Å². The number of fused-ring (bicyclic) bond motifs is 10. The van der Waals surface area contributed by atoms with Crippen LogP contribution in [0.25, 0.3) is 82.5 Å². The summed E-state index contributed by atoms with van der Waals surface area (Å²) in [5.74, 6) is 0. The number of furan rings is 2. The lowest BCUT2D eigenvalue weighted by atomic mass is 9.99. The van der Waals surface area contributed by atoms with E-state index >= 15 is 0 Å². The lowest BCUT2D eigenvalue weighted by Gasteiger charge is -2.10. The molecule has 0 radical (unpaired) electrons. The molecule has 0 fully saturated rings. The Morgan fingerprint density at radius 1 is 0.513 bits per heavy atom. The summed E-state index contributed by atoms with van der Waals surface area (Å²) in [6.07, 6.45) is 0. The van der Waals surface area contributed by atoms with E-state index in [1.807, 2.05) is 0 Å². The number of hydrogen-bond donors (Lipinski definition) is 0. The summed E-state index contributed by atoms with van der Waals surface area (Å²) in [4.78, 5) is 0. The van der Waals surface area contributed by atoms with Crippen LogP contribution in [0.15, 0.2) is 136 Å². The first-order valence-corrected chi connectivity index (χ1v) is 11.8. The van der Waals surface area contributed by atoms with E-state index in [0.717, 1.165) is 0 Å².